The number of anilines is 1. The lowest BCUT2D eigenvalue weighted by Crippen LogP contribution is -2.37. The zero-order chi connectivity index (χ0) is 18.2. The molecular weight excluding hydrogens is 343 g/mol. The number of nitrogen functional groups attached to an aromatic ring is 1. The molecule has 2 N–H and O–H groups in total. The van der Waals surface area contributed by atoms with E-state index in [2.05, 4.69) is 4.98 Å². The molecule has 8 heteroatoms. The van der Waals surface area contributed by atoms with Gasteiger partial charge in [0.1, 0.15) is 11.6 Å². The van der Waals surface area contributed by atoms with Crippen molar-refractivity contribution in [3.05, 3.63) is 47.8 Å². The number of rotatable bonds is 2. The van der Waals surface area contributed by atoms with Gasteiger partial charge in [-0.1, -0.05) is 0 Å². The Hall–Kier alpha value is -2.22. The molecule has 1 fully saturated rings. The second-order valence-corrected chi connectivity index (χ2v) is 5.90. The van der Waals surface area contributed by atoms with E-state index >= 15 is 0 Å². The van der Waals surface area contributed by atoms with Gasteiger partial charge in [0, 0.05) is 29.8 Å². The molecule has 134 valence electrons. The Morgan fingerprint density at radius 2 is 1.88 bits per heavy atom. The second-order valence-electron chi connectivity index (χ2n) is 5.90. The van der Waals surface area contributed by atoms with Crippen molar-refractivity contribution in [2.45, 2.75) is 18.5 Å². The molecule has 2 unspecified atom stereocenters. The van der Waals surface area contributed by atoms with Crippen molar-refractivity contribution < 1.29 is 26.7 Å². The number of benzene rings is 1. The Labute approximate surface area is 140 Å². The Morgan fingerprint density at radius 3 is 2.60 bits per heavy atom. The van der Waals surface area contributed by atoms with Crippen molar-refractivity contribution in [3.8, 4) is 11.1 Å². The highest BCUT2D eigenvalue weighted by Gasteiger charge is 2.47. The van der Waals surface area contributed by atoms with E-state index in [4.69, 9.17) is 10.5 Å². The molecule has 2 atom stereocenters. The van der Waals surface area contributed by atoms with Gasteiger partial charge in [-0.2, -0.15) is 13.2 Å². The zero-order valence-electron chi connectivity index (χ0n) is 13.0. The standard InChI is InChI=1S/C17H15F5N2O/c18-9-1-2-14(19)12(7-9)10-3-5-24-16(15(10)23)11-4-6-25-8-13(11)17(20,21)22/h1-3,5,7,11,13H,4,6,8,23H2. The van der Waals surface area contributed by atoms with Gasteiger partial charge in [-0.3, -0.25) is 4.98 Å². The summed E-state index contributed by atoms with van der Waals surface area (Å²) in [6, 6.07) is 4.21. The minimum Gasteiger partial charge on any atom is -0.397 e. The summed E-state index contributed by atoms with van der Waals surface area (Å²) < 4.78 is 72.3. The molecule has 0 spiro atoms. The second kappa shape index (κ2) is 6.59. The number of hydrogen-bond acceptors (Lipinski definition) is 3. The number of alkyl halides is 3. The van der Waals surface area contributed by atoms with Crippen molar-refractivity contribution in [3.63, 3.8) is 0 Å². The average Bonchev–Trinajstić information content (AvgIpc) is 2.57. The third-order valence-electron chi connectivity index (χ3n) is 4.37. The Balaban J connectivity index is 2.08. The first-order valence-electron chi connectivity index (χ1n) is 7.63. The average molecular weight is 358 g/mol. The van der Waals surface area contributed by atoms with Crippen LogP contribution in [0, 0.1) is 17.6 Å². The molecule has 1 aliphatic rings. The van der Waals surface area contributed by atoms with E-state index in [0.717, 1.165) is 18.2 Å². The van der Waals surface area contributed by atoms with Crippen LogP contribution in [0.5, 0.6) is 0 Å². The number of halogens is 5. The Morgan fingerprint density at radius 1 is 1.12 bits per heavy atom. The molecular formula is C17H15F5N2O. The predicted octanol–water partition coefficient (Wildman–Crippen LogP) is 4.29. The highest BCUT2D eigenvalue weighted by molar-refractivity contribution is 5.78. The molecule has 1 aromatic heterocycles. The molecule has 1 saturated heterocycles. The maximum absolute atomic E-state index is 14.0. The van der Waals surface area contributed by atoms with Gasteiger partial charge in [-0.05, 0) is 30.7 Å². The van der Waals surface area contributed by atoms with Crippen molar-refractivity contribution >= 4 is 5.69 Å². The number of nitrogens with zero attached hydrogens (tertiary/aromatic N) is 1. The van der Waals surface area contributed by atoms with Crippen LogP contribution < -0.4 is 5.73 Å². The summed E-state index contributed by atoms with van der Waals surface area (Å²) in [5, 5.41) is 0. The number of pyridine rings is 1. The molecule has 0 saturated carbocycles. The molecule has 0 bridgehead atoms. The van der Waals surface area contributed by atoms with Crippen LogP contribution in [-0.4, -0.2) is 24.4 Å². The van der Waals surface area contributed by atoms with Crippen LogP contribution in [-0.2, 0) is 4.74 Å². The fourth-order valence-corrected chi connectivity index (χ4v) is 3.11. The van der Waals surface area contributed by atoms with Crippen molar-refractivity contribution in [1.29, 1.82) is 0 Å². The van der Waals surface area contributed by atoms with Gasteiger partial charge in [-0.15, -0.1) is 0 Å². The third kappa shape index (κ3) is 3.44. The van der Waals surface area contributed by atoms with Gasteiger partial charge >= 0.3 is 6.18 Å². The largest absolute Gasteiger partial charge is 0.397 e. The molecule has 3 nitrogen and oxygen atoms in total. The summed E-state index contributed by atoms with van der Waals surface area (Å²) >= 11 is 0. The van der Waals surface area contributed by atoms with E-state index in [-0.39, 0.29) is 35.5 Å². The van der Waals surface area contributed by atoms with Gasteiger partial charge in [-0.25, -0.2) is 8.78 Å². The smallest absolute Gasteiger partial charge is 0.394 e. The molecule has 25 heavy (non-hydrogen) atoms. The van der Waals surface area contributed by atoms with Gasteiger partial charge in [0.05, 0.1) is 23.9 Å². The molecule has 3 rings (SSSR count). The summed E-state index contributed by atoms with van der Waals surface area (Å²) in [7, 11) is 0. The predicted molar refractivity (Wildman–Crippen MR) is 81.7 cm³/mol. The maximum Gasteiger partial charge on any atom is 0.394 e. The number of ether oxygens (including phenoxy) is 1. The number of hydrogen-bond donors (Lipinski definition) is 1. The first kappa shape index (κ1) is 17.6. The summed E-state index contributed by atoms with van der Waals surface area (Å²) in [5.74, 6) is -4.13. The Kier molecular flexibility index (Phi) is 4.64. The van der Waals surface area contributed by atoms with E-state index in [9.17, 15) is 22.0 Å². The van der Waals surface area contributed by atoms with Gasteiger partial charge in [0.2, 0.25) is 0 Å². The van der Waals surface area contributed by atoms with E-state index in [1.807, 2.05) is 0 Å². The molecule has 0 radical (unpaired) electrons. The number of aromatic nitrogens is 1. The van der Waals surface area contributed by atoms with Crippen LogP contribution in [0.2, 0.25) is 0 Å². The quantitative estimate of drug-likeness (QED) is 0.815. The van der Waals surface area contributed by atoms with Crippen LogP contribution in [0.1, 0.15) is 18.0 Å². The highest BCUT2D eigenvalue weighted by atomic mass is 19.4. The summed E-state index contributed by atoms with van der Waals surface area (Å²) in [5.41, 5.74) is 5.97. The minimum atomic E-state index is -4.47. The van der Waals surface area contributed by atoms with E-state index < -0.39 is 36.3 Å². The van der Waals surface area contributed by atoms with Crippen LogP contribution in [0.3, 0.4) is 0 Å². The maximum atomic E-state index is 14.0. The summed E-state index contributed by atoms with van der Waals surface area (Å²) in [6.07, 6.45) is -3.12. The van der Waals surface area contributed by atoms with Gasteiger partial charge in [0.15, 0.2) is 0 Å². The number of nitrogens with two attached hydrogens (primary N) is 1. The van der Waals surface area contributed by atoms with Crippen LogP contribution >= 0.6 is 0 Å². The molecule has 2 aromatic rings. The minimum absolute atomic E-state index is 0.0341. The molecule has 1 aromatic carbocycles. The van der Waals surface area contributed by atoms with Crippen LogP contribution in [0.25, 0.3) is 11.1 Å². The normalized spacial score (nSPS) is 21.3. The van der Waals surface area contributed by atoms with E-state index in [1.54, 1.807) is 0 Å². The fourth-order valence-electron chi connectivity index (χ4n) is 3.11. The fraction of sp³-hybridized carbons (Fsp3) is 0.353. The van der Waals surface area contributed by atoms with E-state index in [0.29, 0.717) is 0 Å². The van der Waals surface area contributed by atoms with Crippen molar-refractivity contribution in [2.75, 3.05) is 18.9 Å². The third-order valence-corrected chi connectivity index (χ3v) is 4.37. The van der Waals surface area contributed by atoms with Crippen LogP contribution in [0.4, 0.5) is 27.6 Å². The van der Waals surface area contributed by atoms with Gasteiger partial charge in [0.25, 0.3) is 0 Å². The van der Waals surface area contributed by atoms with Crippen molar-refractivity contribution in [2.24, 2.45) is 5.92 Å². The molecule has 2 heterocycles. The lowest BCUT2D eigenvalue weighted by atomic mass is 9.83. The topological polar surface area (TPSA) is 48.1 Å². The lowest BCUT2D eigenvalue weighted by Gasteiger charge is -2.33. The lowest BCUT2D eigenvalue weighted by molar-refractivity contribution is -0.206. The monoisotopic (exact) mass is 358 g/mol. The SMILES string of the molecule is Nc1c(-c2cc(F)ccc2F)ccnc1C1CCOCC1C(F)(F)F. The summed E-state index contributed by atoms with van der Waals surface area (Å²) in [4.78, 5) is 4.01. The van der Waals surface area contributed by atoms with Crippen LogP contribution in [0.15, 0.2) is 30.5 Å². The first-order chi connectivity index (χ1) is 11.8. The molecule has 1 aliphatic heterocycles. The van der Waals surface area contributed by atoms with Crippen molar-refractivity contribution in [1.82, 2.24) is 4.98 Å². The Bertz CT molecular complexity index is 778. The zero-order valence-corrected chi connectivity index (χ0v) is 13.0. The van der Waals surface area contributed by atoms with E-state index in [1.165, 1.54) is 12.3 Å². The first-order valence-corrected chi connectivity index (χ1v) is 7.63. The van der Waals surface area contributed by atoms with Gasteiger partial charge < -0.3 is 10.5 Å². The summed E-state index contributed by atoms with van der Waals surface area (Å²) in [6.45, 7) is -0.329. The molecule has 0 amide bonds. The highest BCUT2D eigenvalue weighted by Crippen LogP contribution is 2.44. The molecule has 0 aliphatic carbocycles.